The van der Waals surface area contributed by atoms with E-state index >= 15 is 0 Å². The van der Waals surface area contributed by atoms with E-state index in [0.29, 0.717) is 24.5 Å². The van der Waals surface area contributed by atoms with Gasteiger partial charge < -0.3 is 14.0 Å². The summed E-state index contributed by atoms with van der Waals surface area (Å²) in [6.45, 7) is 6.52. The minimum Gasteiger partial charge on any atom is -0.361 e. The molecule has 140 valence electrons. The smallest absolute Gasteiger partial charge is 0.246 e. The van der Waals surface area contributed by atoms with Gasteiger partial charge in [-0.3, -0.25) is 4.79 Å². The molecule has 0 bridgehead atoms. The number of aryl methyl sites for hydroxylation is 2. The van der Waals surface area contributed by atoms with Crippen LogP contribution in [0.15, 0.2) is 28.8 Å². The molecule has 3 aromatic rings. The largest absolute Gasteiger partial charge is 0.361 e. The molecule has 4 rings (SSSR count). The molecule has 27 heavy (non-hydrogen) atoms. The summed E-state index contributed by atoms with van der Waals surface area (Å²) in [6.07, 6.45) is 0.538. The van der Waals surface area contributed by atoms with Crippen molar-refractivity contribution in [1.29, 1.82) is 0 Å². The maximum absolute atomic E-state index is 13.0. The molecule has 0 spiro atoms. The summed E-state index contributed by atoms with van der Waals surface area (Å²) < 4.78 is 7.16. The maximum Gasteiger partial charge on any atom is 0.246 e. The summed E-state index contributed by atoms with van der Waals surface area (Å²) in [7, 11) is 0. The van der Waals surface area contributed by atoms with Crippen LogP contribution in [0.4, 0.5) is 0 Å². The van der Waals surface area contributed by atoms with Crippen molar-refractivity contribution >= 4 is 17.5 Å². The molecule has 2 aromatic heterocycles. The number of hydrogen-bond acceptors (Lipinski definition) is 5. The quantitative estimate of drug-likeness (QED) is 0.689. The first kappa shape index (κ1) is 17.7. The summed E-state index contributed by atoms with van der Waals surface area (Å²) in [5.74, 6) is 2.32. The van der Waals surface area contributed by atoms with Crippen molar-refractivity contribution in [1.82, 2.24) is 24.8 Å². The van der Waals surface area contributed by atoms with Crippen molar-refractivity contribution in [2.75, 3.05) is 0 Å². The number of halogens is 1. The van der Waals surface area contributed by atoms with E-state index in [1.54, 1.807) is 4.90 Å². The molecule has 1 aromatic carbocycles. The van der Waals surface area contributed by atoms with Crippen LogP contribution in [0.5, 0.6) is 0 Å². The Bertz CT molecular complexity index is 990. The Labute approximate surface area is 161 Å². The summed E-state index contributed by atoms with van der Waals surface area (Å²) >= 11 is 6.26. The van der Waals surface area contributed by atoms with Crippen LogP contribution in [0.1, 0.15) is 47.2 Å². The third-order valence-corrected chi connectivity index (χ3v) is 5.43. The van der Waals surface area contributed by atoms with E-state index in [2.05, 4.69) is 15.4 Å². The van der Waals surface area contributed by atoms with Crippen LogP contribution in [0, 0.1) is 13.8 Å². The monoisotopic (exact) mass is 385 g/mol. The fraction of sp³-hybridized carbons (Fsp3) is 0.368. The zero-order valence-electron chi connectivity index (χ0n) is 15.4. The number of fused-ring (bicyclic) bond motifs is 1. The van der Waals surface area contributed by atoms with Gasteiger partial charge in [-0.2, -0.15) is 0 Å². The van der Waals surface area contributed by atoms with Crippen molar-refractivity contribution in [3.05, 3.63) is 63.5 Å². The predicted molar refractivity (Wildman–Crippen MR) is 99.2 cm³/mol. The molecule has 1 aliphatic heterocycles. The molecular weight excluding hydrogens is 366 g/mol. The molecule has 0 saturated heterocycles. The minimum atomic E-state index is -0.373. The molecule has 1 atom stereocenters. The molecule has 0 radical (unpaired) electrons. The first-order valence-electron chi connectivity index (χ1n) is 8.82. The molecule has 1 amide bonds. The van der Waals surface area contributed by atoms with Gasteiger partial charge in [-0.1, -0.05) is 35.0 Å². The highest BCUT2D eigenvalue weighted by Gasteiger charge is 2.33. The Morgan fingerprint density at radius 3 is 2.74 bits per heavy atom. The lowest BCUT2D eigenvalue weighted by Crippen LogP contribution is -2.41. The van der Waals surface area contributed by atoms with Crippen LogP contribution in [-0.4, -0.2) is 30.7 Å². The van der Waals surface area contributed by atoms with Crippen LogP contribution >= 0.6 is 11.6 Å². The summed E-state index contributed by atoms with van der Waals surface area (Å²) in [5.41, 5.74) is 2.74. The standard InChI is InChI=1S/C19H20ClN5O2/c1-11-15(13(3)27-23-11)8-17-21-22-18-10-24(19(26)12(2)25(17)18)9-14-6-4-5-7-16(14)20/h4-7,12H,8-10H2,1-3H3/t12-/m0/s1. The van der Waals surface area contributed by atoms with Gasteiger partial charge in [0.05, 0.1) is 12.2 Å². The average molecular weight is 386 g/mol. The Hall–Kier alpha value is -2.67. The number of nitrogens with zero attached hydrogens (tertiary/aromatic N) is 5. The molecule has 3 heterocycles. The topological polar surface area (TPSA) is 77.0 Å². The van der Waals surface area contributed by atoms with Gasteiger partial charge in [0.15, 0.2) is 5.82 Å². The summed E-state index contributed by atoms with van der Waals surface area (Å²) in [5, 5.41) is 13.3. The van der Waals surface area contributed by atoms with Gasteiger partial charge >= 0.3 is 0 Å². The van der Waals surface area contributed by atoms with Crippen LogP contribution in [-0.2, 0) is 24.3 Å². The number of carbonyl (C=O) groups is 1. The lowest BCUT2D eigenvalue weighted by atomic mass is 10.1. The lowest BCUT2D eigenvalue weighted by molar-refractivity contribution is -0.137. The number of benzene rings is 1. The molecular formula is C19H20ClN5O2. The number of carbonyl (C=O) groups excluding carboxylic acids is 1. The van der Waals surface area contributed by atoms with Gasteiger partial charge in [-0.15, -0.1) is 10.2 Å². The summed E-state index contributed by atoms with van der Waals surface area (Å²) in [4.78, 5) is 14.7. The Morgan fingerprint density at radius 2 is 2.04 bits per heavy atom. The van der Waals surface area contributed by atoms with Gasteiger partial charge in [0.1, 0.15) is 17.6 Å². The second kappa shape index (κ2) is 6.81. The SMILES string of the molecule is Cc1noc(C)c1Cc1nnc2n1[C@@H](C)C(=O)N(Cc1ccccc1Cl)C2. The zero-order chi connectivity index (χ0) is 19.1. The van der Waals surface area contributed by atoms with Crippen LogP contribution < -0.4 is 0 Å². The first-order chi connectivity index (χ1) is 13.0. The second-order valence-corrected chi connectivity index (χ2v) is 7.25. The minimum absolute atomic E-state index is 0.0298. The van der Waals surface area contributed by atoms with Gasteiger partial charge in [0, 0.05) is 23.6 Å². The van der Waals surface area contributed by atoms with E-state index < -0.39 is 0 Å². The van der Waals surface area contributed by atoms with Gasteiger partial charge in [0.2, 0.25) is 5.91 Å². The van der Waals surface area contributed by atoms with Crippen LogP contribution in [0.3, 0.4) is 0 Å². The van der Waals surface area contributed by atoms with E-state index in [4.69, 9.17) is 16.1 Å². The molecule has 0 fully saturated rings. The van der Waals surface area contributed by atoms with Crippen molar-refractivity contribution < 1.29 is 9.32 Å². The molecule has 0 saturated carbocycles. The zero-order valence-corrected chi connectivity index (χ0v) is 16.2. The highest BCUT2D eigenvalue weighted by molar-refractivity contribution is 6.31. The number of aromatic nitrogens is 4. The Morgan fingerprint density at radius 1 is 1.26 bits per heavy atom. The molecule has 8 heteroatoms. The number of amides is 1. The Balaban J connectivity index is 1.62. The third-order valence-electron chi connectivity index (χ3n) is 5.06. The molecule has 0 aliphatic carbocycles. The van der Waals surface area contributed by atoms with E-state index in [-0.39, 0.29) is 11.9 Å². The first-order valence-corrected chi connectivity index (χ1v) is 9.20. The molecule has 0 unspecified atom stereocenters. The molecule has 1 aliphatic rings. The van der Waals surface area contributed by atoms with Crippen molar-refractivity contribution in [3.8, 4) is 0 Å². The van der Waals surface area contributed by atoms with Crippen LogP contribution in [0.25, 0.3) is 0 Å². The number of rotatable bonds is 4. The highest BCUT2D eigenvalue weighted by atomic mass is 35.5. The predicted octanol–water partition coefficient (Wildman–Crippen LogP) is 3.23. The Kier molecular flexibility index (Phi) is 4.47. The van der Waals surface area contributed by atoms with E-state index in [1.165, 1.54) is 0 Å². The van der Waals surface area contributed by atoms with Gasteiger partial charge in [-0.05, 0) is 32.4 Å². The molecule has 7 nitrogen and oxygen atoms in total. The van der Waals surface area contributed by atoms with Crippen molar-refractivity contribution in [2.24, 2.45) is 0 Å². The van der Waals surface area contributed by atoms with E-state index in [0.717, 1.165) is 34.2 Å². The molecule has 0 N–H and O–H groups in total. The second-order valence-electron chi connectivity index (χ2n) is 6.84. The lowest BCUT2D eigenvalue weighted by Gasteiger charge is -2.32. The number of hydrogen-bond donors (Lipinski definition) is 0. The van der Waals surface area contributed by atoms with Crippen LogP contribution in [0.2, 0.25) is 5.02 Å². The van der Waals surface area contributed by atoms with Gasteiger partial charge in [0.25, 0.3) is 0 Å². The average Bonchev–Trinajstić information content (AvgIpc) is 3.19. The fourth-order valence-electron chi connectivity index (χ4n) is 3.54. The fourth-order valence-corrected chi connectivity index (χ4v) is 3.73. The maximum atomic E-state index is 13.0. The summed E-state index contributed by atoms with van der Waals surface area (Å²) in [6, 6.07) is 7.19. The normalized spacial score (nSPS) is 16.7. The third kappa shape index (κ3) is 3.12. The van der Waals surface area contributed by atoms with E-state index in [1.807, 2.05) is 49.6 Å². The van der Waals surface area contributed by atoms with E-state index in [9.17, 15) is 4.79 Å². The van der Waals surface area contributed by atoms with Crippen molar-refractivity contribution in [2.45, 2.75) is 46.3 Å². The highest BCUT2D eigenvalue weighted by Crippen LogP contribution is 2.27. The van der Waals surface area contributed by atoms with Crippen molar-refractivity contribution in [3.63, 3.8) is 0 Å². The van der Waals surface area contributed by atoms with Gasteiger partial charge in [-0.25, -0.2) is 0 Å².